The molecule has 0 aliphatic heterocycles. The first-order valence-corrected chi connectivity index (χ1v) is 6.59. The lowest BCUT2D eigenvalue weighted by Crippen LogP contribution is -2.13. The second kappa shape index (κ2) is 5.77. The molecule has 0 aliphatic carbocycles. The van der Waals surface area contributed by atoms with Crippen LogP contribution in [0, 0.1) is 12.7 Å². The molecule has 1 amide bonds. The van der Waals surface area contributed by atoms with Crippen molar-refractivity contribution in [1.82, 2.24) is 10.1 Å². The minimum atomic E-state index is -0.371. The van der Waals surface area contributed by atoms with Gasteiger partial charge in [0.15, 0.2) is 0 Å². The second-order valence-electron chi connectivity index (χ2n) is 4.67. The van der Waals surface area contributed by atoms with E-state index in [0.717, 1.165) is 0 Å². The van der Waals surface area contributed by atoms with E-state index in [1.807, 2.05) is 0 Å². The van der Waals surface area contributed by atoms with Crippen LogP contribution in [0.3, 0.4) is 0 Å². The summed E-state index contributed by atoms with van der Waals surface area (Å²) in [6, 6.07) is 9.07. The smallest absolute Gasteiger partial charge is 0.261 e. The van der Waals surface area contributed by atoms with Gasteiger partial charge >= 0.3 is 0 Å². The Morgan fingerprint density at radius 2 is 2.00 bits per heavy atom. The summed E-state index contributed by atoms with van der Waals surface area (Å²) in [5.74, 6) is -0.335. The Morgan fingerprint density at radius 1 is 1.23 bits per heavy atom. The average molecular weight is 297 g/mol. The maximum absolute atomic E-state index is 12.9. The minimum Gasteiger partial charge on any atom is -0.360 e. The highest BCUT2D eigenvalue weighted by Crippen LogP contribution is 2.25. The van der Waals surface area contributed by atoms with Crippen molar-refractivity contribution in [3.8, 4) is 11.3 Å². The van der Waals surface area contributed by atoms with Gasteiger partial charge in [0.05, 0.1) is 0 Å². The summed E-state index contributed by atoms with van der Waals surface area (Å²) >= 11 is 0. The highest BCUT2D eigenvalue weighted by molar-refractivity contribution is 6.08. The molecule has 0 aliphatic rings. The van der Waals surface area contributed by atoms with E-state index < -0.39 is 0 Å². The Bertz CT molecular complexity index is 798. The van der Waals surface area contributed by atoms with Crippen LogP contribution in [0.4, 0.5) is 10.1 Å². The normalized spacial score (nSPS) is 10.5. The van der Waals surface area contributed by atoms with E-state index in [1.165, 1.54) is 24.3 Å². The molecule has 0 saturated heterocycles. The predicted molar refractivity (Wildman–Crippen MR) is 78.8 cm³/mol. The monoisotopic (exact) mass is 297 g/mol. The number of carbonyl (C=O) groups excluding carboxylic acids is 1. The van der Waals surface area contributed by atoms with Gasteiger partial charge in [-0.25, -0.2) is 4.39 Å². The van der Waals surface area contributed by atoms with Gasteiger partial charge in [0.25, 0.3) is 5.91 Å². The Kier molecular flexibility index (Phi) is 3.65. The molecular weight excluding hydrogens is 285 g/mol. The molecule has 110 valence electrons. The molecule has 0 radical (unpaired) electrons. The zero-order valence-corrected chi connectivity index (χ0v) is 11.7. The third-order valence-electron chi connectivity index (χ3n) is 3.13. The Labute approximate surface area is 125 Å². The molecule has 0 spiro atoms. The first-order chi connectivity index (χ1) is 10.6. The topological polar surface area (TPSA) is 68.0 Å². The fraction of sp³-hybridized carbons (Fsp3) is 0.0625. The molecule has 0 bridgehead atoms. The van der Waals surface area contributed by atoms with Crippen LogP contribution < -0.4 is 5.32 Å². The number of pyridine rings is 1. The highest BCUT2D eigenvalue weighted by Gasteiger charge is 2.21. The van der Waals surface area contributed by atoms with Crippen LogP contribution in [-0.2, 0) is 0 Å². The third-order valence-corrected chi connectivity index (χ3v) is 3.13. The van der Waals surface area contributed by atoms with Crippen molar-refractivity contribution in [1.29, 1.82) is 0 Å². The molecule has 2 heterocycles. The fourth-order valence-electron chi connectivity index (χ4n) is 2.07. The van der Waals surface area contributed by atoms with Gasteiger partial charge < -0.3 is 9.84 Å². The van der Waals surface area contributed by atoms with Crippen LogP contribution in [0.1, 0.15) is 16.1 Å². The Morgan fingerprint density at radius 3 is 2.68 bits per heavy atom. The maximum Gasteiger partial charge on any atom is 0.261 e. The molecule has 5 nitrogen and oxygen atoms in total. The van der Waals surface area contributed by atoms with Crippen molar-refractivity contribution in [2.45, 2.75) is 6.92 Å². The molecule has 3 aromatic rings. The number of hydrogen-bond donors (Lipinski definition) is 1. The van der Waals surface area contributed by atoms with E-state index in [9.17, 15) is 9.18 Å². The number of anilines is 1. The molecule has 0 atom stereocenters. The van der Waals surface area contributed by atoms with E-state index in [-0.39, 0.29) is 11.7 Å². The molecule has 1 aromatic carbocycles. The van der Waals surface area contributed by atoms with Gasteiger partial charge in [-0.05, 0) is 43.3 Å². The van der Waals surface area contributed by atoms with Gasteiger partial charge in [-0.1, -0.05) is 5.16 Å². The number of rotatable bonds is 3. The van der Waals surface area contributed by atoms with E-state index in [0.29, 0.717) is 28.3 Å². The number of halogens is 1. The van der Waals surface area contributed by atoms with E-state index in [2.05, 4.69) is 15.5 Å². The number of hydrogen-bond acceptors (Lipinski definition) is 4. The van der Waals surface area contributed by atoms with Crippen molar-refractivity contribution in [3.05, 3.63) is 65.9 Å². The first-order valence-electron chi connectivity index (χ1n) is 6.59. The summed E-state index contributed by atoms with van der Waals surface area (Å²) in [7, 11) is 0. The summed E-state index contributed by atoms with van der Waals surface area (Å²) in [6.45, 7) is 1.66. The average Bonchev–Trinajstić information content (AvgIpc) is 2.92. The van der Waals surface area contributed by atoms with Gasteiger partial charge in [0.1, 0.15) is 22.8 Å². The standard InChI is InChI=1S/C16H12FN3O2/c1-10-14(15(20-22-10)11-3-2-8-18-9-11)16(21)19-13-6-4-12(17)5-7-13/h2-9H,1H3,(H,19,21). The van der Waals surface area contributed by atoms with E-state index in [1.54, 1.807) is 31.5 Å². The molecule has 0 unspecified atom stereocenters. The van der Waals surface area contributed by atoms with Crippen molar-refractivity contribution < 1.29 is 13.7 Å². The van der Waals surface area contributed by atoms with E-state index >= 15 is 0 Å². The van der Waals surface area contributed by atoms with Crippen LogP contribution in [0.25, 0.3) is 11.3 Å². The predicted octanol–water partition coefficient (Wildman–Crippen LogP) is 3.44. The van der Waals surface area contributed by atoms with Gasteiger partial charge in [0, 0.05) is 23.6 Å². The van der Waals surface area contributed by atoms with Crippen molar-refractivity contribution in [2.24, 2.45) is 0 Å². The summed E-state index contributed by atoms with van der Waals surface area (Å²) in [5.41, 5.74) is 1.93. The lowest BCUT2D eigenvalue weighted by Gasteiger charge is -2.05. The lowest BCUT2D eigenvalue weighted by atomic mass is 10.1. The van der Waals surface area contributed by atoms with E-state index in [4.69, 9.17) is 4.52 Å². The Hall–Kier alpha value is -3.02. The summed E-state index contributed by atoms with van der Waals surface area (Å²) in [4.78, 5) is 16.5. The largest absolute Gasteiger partial charge is 0.360 e. The van der Waals surface area contributed by atoms with Gasteiger partial charge in [-0.15, -0.1) is 0 Å². The van der Waals surface area contributed by atoms with Crippen LogP contribution in [0.5, 0.6) is 0 Å². The minimum absolute atomic E-state index is 0.331. The lowest BCUT2D eigenvalue weighted by molar-refractivity contribution is 0.102. The molecule has 2 aromatic heterocycles. The highest BCUT2D eigenvalue weighted by atomic mass is 19.1. The molecule has 22 heavy (non-hydrogen) atoms. The third kappa shape index (κ3) is 2.71. The van der Waals surface area contributed by atoms with Gasteiger partial charge in [0.2, 0.25) is 0 Å². The summed E-state index contributed by atoms with van der Waals surface area (Å²) in [5, 5.41) is 6.62. The van der Waals surface area contributed by atoms with Crippen LogP contribution in [0.2, 0.25) is 0 Å². The first kappa shape index (κ1) is 13.9. The van der Waals surface area contributed by atoms with Crippen molar-refractivity contribution in [3.63, 3.8) is 0 Å². The molecule has 0 saturated carbocycles. The molecule has 3 rings (SSSR count). The van der Waals surface area contributed by atoms with Crippen molar-refractivity contribution >= 4 is 11.6 Å². The van der Waals surface area contributed by atoms with Crippen LogP contribution >= 0.6 is 0 Å². The number of nitrogens with zero attached hydrogens (tertiary/aromatic N) is 2. The number of nitrogens with one attached hydrogen (secondary N) is 1. The van der Waals surface area contributed by atoms with Gasteiger partial charge in [-0.3, -0.25) is 9.78 Å². The molecule has 6 heteroatoms. The SMILES string of the molecule is Cc1onc(-c2cccnc2)c1C(=O)Nc1ccc(F)cc1. The second-order valence-corrected chi connectivity index (χ2v) is 4.67. The number of aryl methyl sites for hydroxylation is 1. The Balaban J connectivity index is 1.93. The molecule has 1 N–H and O–H groups in total. The van der Waals surface area contributed by atoms with Crippen molar-refractivity contribution in [2.75, 3.05) is 5.32 Å². The fourth-order valence-corrected chi connectivity index (χ4v) is 2.07. The summed E-state index contributed by atoms with van der Waals surface area (Å²) < 4.78 is 18.0. The maximum atomic E-state index is 12.9. The number of aromatic nitrogens is 2. The quantitative estimate of drug-likeness (QED) is 0.804. The van der Waals surface area contributed by atoms with Crippen LogP contribution in [0.15, 0.2) is 53.3 Å². The van der Waals surface area contributed by atoms with Gasteiger partial charge in [-0.2, -0.15) is 0 Å². The zero-order valence-electron chi connectivity index (χ0n) is 11.7. The summed E-state index contributed by atoms with van der Waals surface area (Å²) in [6.07, 6.45) is 3.24. The number of carbonyl (C=O) groups is 1. The number of benzene rings is 1. The molecule has 0 fully saturated rings. The van der Waals surface area contributed by atoms with Crippen LogP contribution in [-0.4, -0.2) is 16.0 Å². The molecular formula is C16H12FN3O2. The zero-order chi connectivity index (χ0) is 15.5. The number of amides is 1.